The van der Waals surface area contributed by atoms with Crippen molar-refractivity contribution in [1.82, 2.24) is 10.2 Å². The van der Waals surface area contributed by atoms with Crippen LogP contribution < -0.4 is 10.1 Å². The third-order valence-corrected chi connectivity index (χ3v) is 3.62. The van der Waals surface area contributed by atoms with E-state index in [1.54, 1.807) is 6.07 Å². The lowest BCUT2D eigenvalue weighted by atomic mass is 10.1. The van der Waals surface area contributed by atoms with Gasteiger partial charge in [0.15, 0.2) is 0 Å². The second-order valence-electron chi connectivity index (χ2n) is 5.17. The predicted octanol–water partition coefficient (Wildman–Crippen LogP) is 1.98. The largest absolute Gasteiger partial charge is 0.494 e. The fraction of sp³-hybridized carbons (Fsp3) is 0.562. The average Bonchev–Trinajstić information content (AvgIpc) is 2.76. The molecule has 0 unspecified atom stereocenters. The monoisotopic (exact) mass is 294 g/mol. The van der Waals surface area contributed by atoms with Gasteiger partial charge in [0, 0.05) is 26.1 Å². The lowest BCUT2D eigenvalue weighted by molar-refractivity contribution is -0.130. The van der Waals surface area contributed by atoms with E-state index in [1.165, 1.54) is 12.1 Å². The molecular formula is C16H23FN2O2. The van der Waals surface area contributed by atoms with Crippen LogP contribution in [0.4, 0.5) is 4.39 Å². The SMILES string of the molecule is CCOc1ccc(F)cc1CCC(=O)N1CCCNCC1. The summed E-state index contributed by atoms with van der Waals surface area (Å²) >= 11 is 0. The van der Waals surface area contributed by atoms with Crippen molar-refractivity contribution in [1.29, 1.82) is 0 Å². The lowest BCUT2D eigenvalue weighted by Crippen LogP contribution is -2.34. The predicted molar refractivity (Wildman–Crippen MR) is 80.0 cm³/mol. The van der Waals surface area contributed by atoms with Crippen molar-refractivity contribution < 1.29 is 13.9 Å². The molecule has 0 spiro atoms. The lowest BCUT2D eigenvalue weighted by Gasteiger charge is -2.20. The zero-order valence-corrected chi connectivity index (χ0v) is 12.5. The Bertz CT molecular complexity index is 471. The molecule has 21 heavy (non-hydrogen) atoms. The highest BCUT2D eigenvalue weighted by atomic mass is 19.1. The molecule has 2 rings (SSSR count). The molecule has 1 amide bonds. The van der Waals surface area contributed by atoms with E-state index >= 15 is 0 Å². The Balaban J connectivity index is 1.95. The second-order valence-corrected chi connectivity index (χ2v) is 5.17. The Labute approximate surface area is 125 Å². The summed E-state index contributed by atoms with van der Waals surface area (Å²) in [5.41, 5.74) is 0.762. The molecule has 0 atom stereocenters. The van der Waals surface area contributed by atoms with E-state index in [0.717, 1.165) is 38.2 Å². The Morgan fingerprint density at radius 2 is 2.24 bits per heavy atom. The van der Waals surface area contributed by atoms with Crippen LogP contribution in [0.3, 0.4) is 0 Å². The molecule has 4 nitrogen and oxygen atoms in total. The van der Waals surface area contributed by atoms with E-state index in [1.807, 2.05) is 11.8 Å². The van der Waals surface area contributed by atoms with Crippen LogP contribution in [0.2, 0.25) is 0 Å². The quantitative estimate of drug-likeness (QED) is 0.903. The molecule has 1 heterocycles. The molecule has 116 valence electrons. The third-order valence-electron chi connectivity index (χ3n) is 3.62. The number of ether oxygens (including phenoxy) is 1. The molecule has 0 aromatic heterocycles. The molecule has 0 saturated carbocycles. The molecule has 1 N–H and O–H groups in total. The first kappa shape index (κ1) is 15.8. The number of carbonyl (C=O) groups is 1. The van der Waals surface area contributed by atoms with Crippen molar-refractivity contribution in [3.8, 4) is 5.75 Å². The number of amides is 1. The Hall–Kier alpha value is -1.62. The summed E-state index contributed by atoms with van der Waals surface area (Å²) in [5.74, 6) is 0.509. The highest BCUT2D eigenvalue weighted by Crippen LogP contribution is 2.21. The number of hydrogen-bond acceptors (Lipinski definition) is 3. The van der Waals surface area contributed by atoms with Gasteiger partial charge in [-0.25, -0.2) is 4.39 Å². The van der Waals surface area contributed by atoms with Crippen LogP contribution in [0.5, 0.6) is 5.75 Å². The number of benzene rings is 1. The number of rotatable bonds is 5. The molecule has 1 aliphatic rings. The number of halogens is 1. The van der Waals surface area contributed by atoms with E-state index in [4.69, 9.17) is 4.74 Å². The molecule has 5 heteroatoms. The molecule has 0 radical (unpaired) electrons. The van der Waals surface area contributed by atoms with Crippen molar-refractivity contribution in [2.75, 3.05) is 32.8 Å². The first-order chi connectivity index (χ1) is 10.2. The number of nitrogens with zero attached hydrogens (tertiary/aromatic N) is 1. The Kier molecular flexibility index (Phi) is 5.99. The average molecular weight is 294 g/mol. The Morgan fingerprint density at radius 3 is 3.05 bits per heavy atom. The standard InChI is InChI=1S/C16H23FN2O2/c1-2-21-15-6-5-14(17)12-13(15)4-7-16(20)19-10-3-8-18-9-11-19/h5-6,12,18H,2-4,7-11H2,1H3. The second kappa shape index (κ2) is 7.98. The van der Waals surface area contributed by atoms with Crippen molar-refractivity contribution in [3.05, 3.63) is 29.6 Å². The zero-order valence-electron chi connectivity index (χ0n) is 12.5. The van der Waals surface area contributed by atoms with E-state index in [9.17, 15) is 9.18 Å². The molecule has 1 aromatic rings. The maximum absolute atomic E-state index is 13.4. The maximum atomic E-state index is 13.4. The number of aryl methyl sites for hydroxylation is 1. The highest BCUT2D eigenvalue weighted by molar-refractivity contribution is 5.76. The molecule has 1 fully saturated rings. The van der Waals surface area contributed by atoms with Crippen LogP contribution in [0.15, 0.2) is 18.2 Å². The van der Waals surface area contributed by atoms with Crippen molar-refractivity contribution in [3.63, 3.8) is 0 Å². The van der Waals surface area contributed by atoms with Crippen LogP contribution >= 0.6 is 0 Å². The van der Waals surface area contributed by atoms with Crippen molar-refractivity contribution >= 4 is 5.91 Å². The summed E-state index contributed by atoms with van der Waals surface area (Å²) < 4.78 is 18.8. The van der Waals surface area contributed by atoms with Crippen molar-refractivity contribution in [2.24, 2.45) is 0 Å². The van der Waals surface area contributed by atoms with Crippen molar-refractivity contribution in [2.45, 2.75) is 26.2 Å². The first-order valence-electron chi connectivity index (χ1n) is 7.60. The van der Waals surface area contributed by atoms with Crippen LogP contribution in [-0.4, -0.2) is 43.6 Å². The summed E-state index contributed by atoms with van der Waals surface area (Å²) in [6, 6.07) is 4.48. The first-order valence-corrected chi connectivity index (χ1v) is 7.60. The van der Waals surface area contributed by atoms with Gasteiger partial charge in [0.2, 0.25) is 5.91 Å². The summed E-state index contributed by atoms with van der Waals surface area (Å²) in [7, 11) is 0. The van der Waals surface area contributed by atoms with Gasteiger partial charge < -0.3 is 15.0 Å². The maximum Gasteiger partial charge on any atom is 0.222 e. The van der Waals surface area contributed by atoms with Crippen LogP contribution in [0.1, 0.15) is 25.3 Å². The van der Waals surface area contributed by atoms with Gasteiger partial charge >= 0.3 is 0 Å². The van der Waals surface area contributed by atoms with Crippen LogP contribution in [0.25, 0.3) is 0 Å². The van der Waals surface area contributed by atoms with Crippen LogP contribution in [0, 0.1) is 5.82 Å². The smallest absolute Gasteiger partial charge is 0.222 e. The summed E-state index contributed by atoms with van der Waals surface area (Å²) in [5, 5.41) is 3.28. The highest BCUT2D eigenvalue weighted by Gasteiger charge is 2.16. The third kappa shape index (κ3) is 4.70. The minimum Gasteiger partial charge on any atom is -0.494 e. The van der Waals surface area contributed by atoms with E-state index in [2.05, 4.69) is 5.32 Å². The zero-order chi connectivity index (χ0) is 15.1. The summed E-state index contributed by atoms with van der Waals surface area (Å²) in [4.78, 5) is 14.1. The number of nitrogens with one attached hydrogen (secondary N) is 1. The Morgan fingerprint density at radius 1 is 1.38 bits per heavy atom. The van der Waals surface area contributed by atoms with Gasteiger partial charge in [-0.3, -0.25) is 4.79 Å². The molecule has 1 saturated heterocycles. The number of hydrogen-bond donors (Lipinski definition) is 1. The number of carbonyl (C=O) groups excluding carboxylic acids is 1. The van der Waals surface area contributed by atoms with Crippen LogP contribution in [-0.2, 0) is 11.2 Å². The molecular weight excluding hydrogens is 271 g/mol. The summed E-state index contributed by atoms with van der Waals surface area (Å²) in [6.45, 7) is 5.78. The van der Waals surface area contributed by atoms with Gasteiger partial charge in [-0.05, 0) is 50.1 Å². The fourth-order valence-electron chi connectivity index (χ4n) is 2.53. The molecule has 0 bridgehead atoms. The topological polar surface area (TPSA) is 41.6 Å². The van der Waals surface area contributed by atoms with Gasteiger partial charge in [0.1, 0.15) is 11.6 Å². The normalized spacial score (nSPS) is 15.6. The molecule has 0 aliphatic carbocycles. The van der Waals surface area contributed by atoms with Gasteiger partial charge in [-0.2, -0.15) is 0 Å². The fourth-order valence-corrected chi connectivity index (χ4v) is 2.53. The van der Waals surface area contributed by atoms with E-state index in [0.29, 0.717) is 25.2 Å². The van der Waals surface area contributed by atoms with Gasteiger partial charge in [-0.15, -0.1) is 0 Å². The minimum atomic E-state index is -0.292. The summed E-state index contributed by atoms with van der Waals surface area (Å²) in [6.07, 6.45) is 1.88. The molecule has 1 aliphatic heterocycles. The molecule has 1 aromatic carbocycles. The van der Waals surface area contributed by atoms with E-state index in [-0.39, 0.29) is 11.7 Å². The van der Waals surface area contributed by atoms with Gasteiger partial charge in [0.25, 0.3) is 0 Å². The van der Waals surface area contributed by atoms with Gasteiger partial charge in [-0.1, -0.05) is 0 Å². The van der Waals surface area contributed by atoms with Gasteiger partial charge in [0.05, 0.1) is 6.61 Å². The minimum absolute atomic E-state index is 0.130. The van der Waals surface area contributed by atoms with E-state index < -0.39 is 0 Å².